The molecular formula is C7H11BrO2S. The minimum absolute atomic E-state index is 0.194. The van der Waals surface area contributed by atoms with Gasteiger partial charge in [-0.15, -0.1) is 11.8 Å². The Bertz CT molecular complexity index is 157. The van der Waals surface area contributed by atoms with Crippen LogP contribution >= 0.6 is 27.7 Å². The topological polar surface area (TPSA) is 26.3 Å². The highest BCUT2D eigenvalue weighted by Crippen LogP contribution is 2.24. The van der Waals surface area contributed by atoms with E-state index in [9.17, 15) is 4.79 Å². The third-order valence-corrected chi connectivity index (χ3v) is 2.14. The van der Waals surface area contributed by atoms with Crippen LogP contribution in [0.4, 0.5) is 0 Å². The number of rotatable bonds is 4. The number of hydrogen-bond donors (Lipinski definition) is 0. The minimum atomic E-state index is -0.330. The van der Waals surface area contributed by atoms with E-state index in [0.29, 0.717) is 11.5 Å². The van der Waals surface area contributed by atoms with E-state index in [2.05, 4.69) is 22.5 Å². The molecule has 2 nitrogen and oxygen atoms in total. The van der Waals surface area contributed by atoms with Gasteiger partial charge in [0.25, 0.3) is 0 Å². The molecule has 0 radical (unpaired) electrons. The number of alkyl halides is 1. The van der Waals surface area contributed by atoms with Gasteiger partial charge in [-0.2, -0.15) is 0 Å². The lowest BCUT2D eigenvalue weighted by Crippen LogP contribution is -2.05. The summed E-state index contributed by atoms with van der Waals surface area (Å²) >= 11 is 4.64. The van der Waals surface area contributed by atoms with E-state index in [-0.39, 0.29) is 10.1 Å². The maximum atomic E-state index is 10.9. The Hall–Kier alpha value is 0.0400. The summed E-state index contributed by atoms with van der Waals surface area (Å²) in [5.41, 5.74) is 0. The highest BCUT2D eigenvalue weighted by Gasteiger charge is 2.10. The first-order valence-electron chi connectivity index (χ1n) is 3.24. The summed E-state index contributed by atoms with van der Waals surface area (Å²) in [7, 11) is 0. The number of ether oxygens (including phenoxy) is 1. The number of carbonyl (C=O) groups excluding carboxylic acids is 1. The zero-order valence-corrected chi connectivity index (χ0v) is 9.00. The van der Waals surface area contributed by atoms with E-state index in [0.717, 1.165) is 0 Å². The molecule has 4 heteroatoms. The fourth-order valence-electron chi connectivity index (χ4n) is 0.456. The number of hydrogen-bond acceptors (Lipinski definition) is 3. The van der Waals surface area contributed by atoms with Gasteiger partial charge in [-0.3, -0.25) is 0 Å². The van der Waals surface area contributed by atoms with E-state index < -0.39 is 0 Å². The van der Waals surface area contributed by atoms with Crippen LogP contribution in [-0.2, 0) is 9.53 Å². The zero-order chi connectivity index (χ0) is 8.85. The van der Waals surface area contributed by atoms with Gasteiger partial charge in [0.05, 0.1) is 15.7 Å². The summed E-state index contributed by atoms with van der Waals surface area (Å²) in [6.45, 7) is 7.67. The summed E-state index contributed by atoms with van der Waals surface area (Å²) < 4.78 is 4.92. The van der Waals surface area contributed by atoms with Crippen LogP contribution < -0.4 is 0 Å². The van der Waals surface area contributed by atoms with Crippen LogP contribution in [0.3, 0.4) is 0 Å². The summed E-state index contributed by atoms with van der Waals surface area (Å²) in [5.74, 6) is -0.330. The molecule has 0 bridgehead atoms. The Balaban J connectivity index is 3.74. The lowest BCUT2D eigenvalue weighted by atomic mass is 10.6. The van der Waals surface area contributed by atoms with Crippen molar-refractivity contribution in [3.05, 3.63) is 11.5 Å². The summed E-state index contributed by atoms with van der Waals surface area (Å²) in [6.07, 6.45) is 0. The standard InChI is InChI=1S/C7H11BrO2S/c1-4-10-7(9)5(2)11-6(3)8/h6H,2,4H2,1,3H3. The van der Waals surface area contributed by atoms with Gasteiger partial charge in [-0.25, -0.2) is 4.79 Å². The van der Waals surface area contributed by atoms with Crippen LogP contribution in [-0.4, -0.2) is 16.7 Å². The van der Waals surface area contributed by atoms with Crippen LogP contribution in [0.5, 0.6) is 0 Å². The average molecular weight is 239 g/mol. The zero-order valence-electron chi connectivity index (χ0n) is 6.59. The fourth-order valence-corrected chi connectivity index (χ4v) is 1.68. The van der Waals surface area contributed by atoms with Gasteiger partial charge in [0.1, 0.15) is 0 Å². The Labute approximate surface area is 79.5 Å². The molecule has 0 fully saturated rings. The quantitative estimate of drug-likeness (QED) is 0.428. The molecule has 0 amide bonds. The molecule has 64 valence electrons. The Morgan fingerprint density at radius 1 is 1.82 bits per heavy atom. The van der Waals surface area contributed by atoms with Gasteiger partial charge in [0, 0.05) is 0 Å². The van der Waals surface area contributed by atoms with Gasteiger partial charge >= 0.3 is 5.97 Å². The minimum Gasteiger partial charge on any atom is -0.462 e. The number of carbonyl (C=O) groups is 1. The molecule has 0 N–H and O–H groups in total. The van der Waals surface area contributed by atoms with Crippen molar-refractivity contribution in [2.75, 3.05) is 6.61 Å². The lowest BCUT2D eigenvalue weighted by molar-refractivity contribution is -0.137. The molecule has 0 aliphatic rings. The normalized spacial score (nSPS) is 12.3. The predicted molar refractivity (Wildman–Crippen MR) is 51.8 cm³/mol. The van der Waals surface area contributed by atoms with Crippen molar-refractivity contribution in [2.45, 2.75) is 18.0 Å². The van der Waals surface area contributed by atoms with Crippen molar-refractivity contribution in [3.63, 3.8) is 0 Å². The molecule has 1 atom stereocenters. The van der Waals surface area contributed by atoms with Gasteiger partial charge in [0.2, 0.25) is 0 Å². The largest absolute Gasteiger partial charge is 0.462 e. The Morgan fingerprint density at radius 2 is 2.36 bits per heavy atom. The molecule has 0 rings (SSSR count). The van der Waals surface area contributed by atoms with Gasteiger partial charge in [-0.1, -0.05) is 22.5 Å². The molecule has 0 aliphatic carbocycles. The first-order valence-corrected chi connectivity index (χ1v) is 5.04. The number of thioether (sulfide) groups is 1. The van der Waals surface area contributed by atoms with E-state index in [4.69, 9.17) is 4.74 Å². The smallest absolute Gasteiger partial charge is 0.344 e. The second-order valence-corrected chi connectivity index (χ2v) is 5.22. The SMILES string of the molecule is C=C(SC(C)Br)C(=O)OCC. The predicted octanol–water partition coefficient (Wildman–Crippen LogP) is 2.54. The van der Waals surface area contributed by atoms with Crippen molar-refractivity contribution in [2.24, 2.45) is 0 Å². The first kappa shape index (κ1) is 11.0. The van der Waals surface area contributed by atoms with Gasteiger partial charge in [-0.05, 0) is 13.8 Å². The third kappa shape index (κ3) is 5.32. The van der Waals surface area contributed by atoms with Crippen LogP contribution in [0, 0.1) is 0 Å². The molecule has 0 spiro atoms. The van der Waals surface area contributed by atoms with E-state index in [1.54, 1.807) is 6.92 Å². The molecule has 0 aromatic heterocycles. The summed E-state index contributed by atoms with van der Waals surface area (Å²) in [5, 5.41) is 0. The maximum Gasteiger partial charge on any atom is 0.344 e. The van der Waals surface area contributed by atoms with Crippen LogP contribution in [0.1, 0.15) is 13.8 Å². The molecule has 0 aromatic rings. The van der Waals surface area contributed by atoms with E-state index in [1.165, 1.54) is 11.8 Å². The summed E-state index contributed by atoms with van der Waals surface area (Å²) in [4.78, 5) is 11.4. The van der Waals surface area contributed by atoms with Crippen molar-refractivity contribution in [1.82, 2.24) is 0 Å². The number of esters is 1. The molecule has 0 aliphatic heterocycles. The Morgan fingerprint density at radius 3 is 2.73 bits per heavy atom. The molecule has 0 aromatic carbocycles. The van der Waals surface area contributed by atoms with Crippen molar-refractivity contribution < 1.29 is 9.53 Å². The van der Waals surface area contributed by atoms with Gasteiger partial charge < -0.3 is 4.74 Å². The van der Waals surface area contributed by atoms with E-state index in [1.807, 2.05) is 6.92 Å². The lowest BCUT2D eigenvalue weighted by Gasteiger charge is -2.05. The fraction of sp³-hybridized carbons (Fsp3) is 0.571. The third-order valence-electron chi connectivity index (χ3n) is 0.808. The first-order chi connectivity index (χ1) is 5.07. The second kappa shape index (κ2) is 5.66. The molecule has 0 heterocycles. The molecule has 0 saturated carbocycles. The second-order valence-electron chi connectivity index (χ2n) is 1.80. The number of halogens is 1. The molecule has 0 saturated heterocycles. The average Bonchev–Trinajstić information content (AvgIpc) is 1.86. The van der Waals surface area contributed by atoms with Crippen molar-refractivity contribution in [3.8, 4) is 0 Å². The molecule has 1 unspecified atom stereocenters. The summed E-state index contributed by atoms with van der Waals surface area (Å²) in [6, 6.07) is 0. The van der Waals surface area contributed by atoms with Crippen molar-refractivity contribution >= 4 is 33.7 Å². The highest BCUT2D eigenvalue weighted by atomic mass is 79.9. The monoisotopic (exact) mass is 238 g/mol. The highest BCUT2D eigenvalue weighted by molar-refractivity contribution is 9.11. The van der Waals surface area contributed by atoms with Gasteiger partial charge in [0.15, 0.2) is 0 Å². The Kier molecular flexibility index (Phi) is 5.68. The van der Waals surface area contributed by atoms with E-state index >= 15 is 0 Å². The molecule has 11 heavy (non-hydrogen) atoms. The molecular weight excluding hydrogens is 228 g/mol. The maximum absolute atomic E-state index is 10.9. The van der Waals surface area contributed by atoms with Crippen LogP contribution in [0.2, 0.25) is 0 Å². The van der Waals surface area contributed by atoms with Crippen molar-refractivity contribution in [1.29, 1.82) is 0 Å². The van der Waals surface area contributed by atoms with Crippen LogP contribution in [0.15, 0.2) is 11.5 Å². The van der Waals surface area contributed by atoms with Crippen LogP contribution in [0.25, 0.3) is 0 Å².